The van der Waals surface area contributed by atoms with Gasteiger partial charge in [-0.3, -0.25) is 9.58 Å². The number of aliphatic hydroxyl groups is 1. The second-order valence-electron chi connectivity index (χ2n) is 5.71. The summed E-state index contributed by atoms with van der Waals surface area (Å²) >= 11 is 6.46. The summed E-state index contributed by atoms with van der Waals surface area (Å²) in [4.78, 5) is 2.23. The largest absolute Gasteiger partial charge is 0.391 e. The van der Waals surface area contributed by atoms with Crippen molar-refractivity contribution in [3.63, 3.8) is 0 Å². The fraction of sp³-hybridized carbons (Fsp3) is 0.800. The first-order chi connectivity index (χ1) is 9.58. The van der Waals surface area contributed by atoms with E-state index < -0.39 is 0 Å². The van der Waals surface area contributed by atoms with Crippen LogP contribution in [0.1, 0.15) is 50.9 Å². The maximum absolute atomic E-state index is 10.2. The molecule has 2 rings (SSSR count). The minimum absolute atomic E-state index is 0.212. The number of halogens is 1. The van der Waals surface area contributed by atoms with Gasteiger partial charge in [0.2, 0.25) is 0 Å². The summed E-state index contributed by atoms with van der Waals surface area (Å²) in [6, 6.07) is 0.241. The molecule has 1 saturated carbocycles. The molecule has 1 aliphatic carbocycles. The Hall–Kier alpha value is -0.580. The number of likely N-dealkylation sites (N-methyl/N-ethyl adjacent to an activating group) is 1. The van der Waals surface area contributed by atoms with Crippen molar-refractivity contribution in [3.05, 3.63) is 16.4 Å². The molecular formula is C15H26ClN3O. The summed E-state index contributed by atoms with van der Waals surface area (Å²) in [5.74, 6) is 0. The van der Waals surface area contributed by atoms with E-state index in [0.29, 0.717) is 0 Å². The second kappa shape index (κ2) is 6.92. The Balaban J connectivity index is 2.14. The van der Waals surface area contributed by atoms with Crippen molar-refractivity contribution in [2.75, 3.05) is 7.05 Å². The summed E-state index contributed by atoms with van der Waals surface area (Å²) in [5, 5.41) is 15.5. The Morgan fingerprint density at radius 3 is 2.65 bits per heavy atom. The minimum atomic E-state index is -0.212. The predicted molar refractivity (Wildman–Crippen MR) is 82.0 cm³/mol. The zero-order valence-electron chi connectivity index (χ0n) is 12.8. The van der Waals surface area contributed by atoms with E-state index >= 15 is 0 Å². The lowest BCUT2D eigenvalue weighted by Crippen LogP contribution is -2.43. The van der Waals surface area contributed by atoms with Crippen molar-refractivity contribution in [3.8, 4) is 0 Å². The Bertz CT molecular complexity index is 447. The summed E-state index contributed by atoms with van der Waals surface area (Å²) in [7, 11) is 2.08. The van der Waals surface area contributed by atoms with E-state index in [1.165, 1.54) is 6.42 Å². The molecule has 0 saturated heterocycles. The van der Waals surface area contributed by atoms with Crippen LogP contribution in [0.5, 0.6) is 0 Å². The molecule has 0 spiro atoms. The summed E-state index contributed by atoms with van der Waals surface area (Å²) in [6.07, 6.45) is 4.96. The first-order valence-electron chi connectivity index (χ1n) is 7.70. The quantitative estimate of drug-likeness (QED) is 0.909. The van der Waals surface area contributed by atoms with Crippen molar-refractivity contribution in [2.45, 2.75) is 71.2 Å². The van der Waals surface area contributed by atoms with Crippen LogP contribution in [0.15, 0.2) is 0 Å². The number of hydrogen-bond acceptors (Lipinski definition) is 3. The lowest BCUT2D eigenvalue weighted by atomic mass is 9.91. The van der Waals surface area contributed by atoms with Crippen LogP contribution in [0, 0.1) is 0 Å². The van der Waals surface area contributed by atoms with Gasteiger partial charge in [-0.05, 0) is 33.2 Å². The predicted octanol–water partition coefficient (Wildman–Crippen LogP) is 2.85. The molecule has 1 heterocycles. The van der Waals surface area contributed by atoms with Gasteiger partial charge in [0.15, 0.2) is 0 Å². The third-order valence-corrected chi connectivity index (χ3v) is 4.79. The molecule has 0 radical (unpaired) electrons. The van der Waals surface area contributed by atoms with Crippen molar-refractivity contribution in [1.82, 2.24) is 14.7 Å². The van der Waals surface area contributed by atoms with Gasteiger partial charge >= 0.3 is 0 Å². The van der Waals surface area contributed by atoms with Crippen molar-refractivity contribution < 1.29 is 5.11 Å². The zero-order valence-corrected chi connectivity index (χ0v) is 13.5. The van der Waals surface area contributed by atoms with E-state index in [-0.39, 0.29) is 12.1 Å². The van der Waals surface area contributed by atoms with Crippen LogP contribution < -0.4 is 0 Å². The van der Waals surface area contributed by atoms with Crippen molar-refractivity contribution in [2.24, 2.45) is 0 Å². The molecule has 0 amide bonds. The van der Waals surface area contributed by atoms with Gasteiger partial charge in [0, 0.05) is 19.1 Å². The van der Waals surface area contributed by atoms with E-state index in [1.807, 2.05) is 4.68 Å². The highest BCUT2D eigenvalue weighted by molar-refractivity contribution is 6.31. The first kappa shape index (κ1) is 15.8. The van der Waals surface area contributed by atoms with Crippen LogP contribution in [0.4, 0.5) is 0 Å². The fourth-order valence-corrected chi connectivity index (χ4v) is 3.46. The van der Waals surface area contributed by atoms with Gasteiger partial charge in [0.25, 0.3) is 0 Å². The van der Waals surface area contributed by atoms with Crippen LogP contribution in [-0.2, 0) is 19.5 Å². The molecule has 1 aliphatic rings. The standard InChI is InChI=1S/C15H26ClN3O/c1-4-11-15(16)13(19(5-2)17-11)10-18(3)12-8-6-7-9-14(12)20/h12,14,20H,4-10H2,1-3H3. The molecular weight excluding hydrogens is 274 g/mol. The molecule has 0 bridgehead atoms. The highest BCUT2D eigenvalue weighted by atomic mass is 35.5. The monoisotopic (exact) mass is 299 g/mol. The minimum Gasteiger partial charge on any atom is -0.391 e. The maximum atomic E-state index is 10.2. The normalized spacial score (nSPS) is 23.5. The molecule has 2 unspecified atom stereocenters. The molecule has 1 fully saturated rings. The molecule has 4 nitrogen and oxygen atoms in total. The number of nitrogens with zero attached hydrogens (tertiary/aromatic N) is 3. The molecule has 1 aromatic rings. The highest BCUT2D eigenvalue weighted by Crippen LogP contribution is 2.27. The third kappa shape index (κ3) is 3.18. The molecule has 114 valence electrons. The fourth-order valence-electron chi connectivity index (χ4n) is 3.13. The molecule has 0 aromatic carbocycles. The molecule has 20 heavy (non-hydrogen) atoms. The number of aliphatic hydroxyl groups excluding tert-OH is 1. The molecule has 5 heteroatoms. The molecule has 2 atom stereocenters. The first-order valence-corrected chi connectivity index (χ1v) is 8.08. The zero-order chi connectivity index (χ0) is 14.7. The number of hydrogen-bond donors (Lipinski definition) is 1. The van der Waals surface area contributed by atoms with Crippen LogP contribution >= 0.6 is 11.6 Å². The molecule has 1 N–H and O–H groups in total. The van der Waals surface area contributed by atoms with Crippen LogP contribution in [0.3, 0.4) is 0 Å². The Morgan fingerprint density at radius 2 is 2.05 bits per heavy atom. The lowest BCUT2D eigenvalue weighted by Gasteiger charge is -2.35. The van der Waals surface area contributed by atoms with E-state index in [9.17, 15) is 5.11 Å². The third-order valence-electron chi connectivity index (χ3n) is 4.35. The SMILES string of the molecule is CCc1nn(CC)c(CN(C)C2CCCCC2O)c1Cl. The van der Waals surface area contributed by atoms with Crippen LogP contribution in [0.25, 0.3) is 0 Å². The van der Waals surface area contributed by atoms with E-state index in [2.05, 4.69) is 30.9 Å². The van der Waals surface area contributed by atoms with Crippen molar-refractivity contribution >= 4 is 11.6 Å². The molecule has 1 aromatic heterocycles. The Morgan fingerprint density at radius 1 is 1.35 bits per heavy atom. The van der Waals surface area contributed by atoms with Gasteiger partial charge in [-0.25, -0.2) is 0 Å². The summed E-state index contributed by atoms with van der Waals surface area (Å²) in [5.41, 5.74) is 2.05. The van der Waals surface area contributed by atoms with Gasteiger partial charge in [0.05, 0.1) is 22.5 Å². The second-order valence-corrected chi connectivity index (χ2v) is 6.09. The summed E-state index contributed by atoms with van der Waals surface area (Å²) in [6.45, 7) is 5.74. The van der Waals surface area contributed by atoms with E-state index in [4.69, 9.17) is 11.6 Å². The Labute approximate surface area is 126 Å². The van der Waals surface area contributed by atoms with E-state index in [1.54, 1.807) is 0 Å². The van der Waals surface area contributed by atoms with Crippen LogP contribution in [-0.4, -0.2) is 39.0 Å². The average molecular weight is 300 g/mol. The van der Waals surface area contributed by atoms with Crippen LogP contribution in [0.2, 0.25) is 5.02 Å². The number of rotatable bonds is 5. The van der Waals surface area contributed by atoms with Gasteiger partial charge in [-0.2, -0.15) is 5.10 Å². The van der Waals surface area contributed by atoms with Gasteiger partial charge < -0.3 is 5.11 Å². The number of aryl methyl sites for hydroxylation is 2. The lowest BCUT2D eigenvalue weighted by molar-refractivity contribution is 0.0278. The van der Waals surface area contributed by atoms with E-state index in [0.717, 1.165) is 55.2 Å². The maximum Gasteiger partial charge on any atom is 0.0863 e. The summed E-state index contributed by atoms with van der Waals surface area (Å²) < 4.78 is 1.99. The van der Waals surface area contributed by atoms with Gasteiger partial charge in [-0.1, -0.05) is 31.4 Å². The van der Waals surface area contributed by atoms with Crippen molar-refractivity contribution in [1.29, 1.82) is 0 Å². The Kier molecular flexibility index (Phi) is 5.47. The highest BCUT2D eigenvalue weighted by Gasteiger charge is 2.28. The number of aromatic nitrogens is 2. The van der Waals surface area contributed by atoms with Gasteiger partial charge in [0.1, 0.15) is 0 Å². The topological polar surface area (TPSA) is 41.3 Å². The average Bonchev–Trinajstić information content (AvgIpc) is 2.75. The smallest absolute Gasteiger partial charge is 0.0863 e. The molecule has 0 aliphatic heterocycles. The van der Waals surface area contributed by atoms with Gasteiger partial charge in [-0.15, -0.1) is 0 Å².